The van der Waals surface area contributed by atoms with Gasteiger partial charge in [-0.05, 0) is 64.0 Å². The molecule has 2 aromatic heterocycles. The molecule has 4 rings (SSSR count). The molecule has 29 heavy (non-hydrogen) atoms. The largest absolute Gasteiger partial charge is 0.454 e. The highest BCUT2D eigenvalue weighted by molar-refractivity contribution is 5.91. The van der Waals surface area contributed by atoms with Gasteiger partial charge < -0.3 is 15.1 Å². The monoisotopic (exact) mass is 443 g/mol. The van der Waals surface area contributed by atoms with Crippen LogP contribution in [0.1, 0.15) is 66.4 Å². The number of aryl methyl sites for hydroxylation is 1. The number of hydrogen-bond donors (Lipinski definition) is 2. The van der Waals surface area contributed by atoms with E-state index in [-0.39, 0.29) is 36.8 Å². The number of halogens is 2. The molecule has 0 aromatic carbocycles. The third-order valence-corrected chi connectivity index (χ3v) is 5.57. The molecule has 1 fully saturated rings. The van der Waals surface area contributed by atoms with Crippen molar-refractivity contribution in [2.24, 2.45) is 0 Å². The minimum atomic E-state index is -0.187. The van der Waals surface area contributed by atoms with E-state index in [1.807, 2.05) is 10.7 Å². The molecule has 1 atom stereocenters. The second-order valence-electron chi connectivity index (χ2n) is 7.54. The number of piperidine rings is 1. The maximum atomic E-state index is 12.5. The maximum absolute atomic E-state index is 12.5. The summed E-state index contributed by atoms with van der Waals surface area (Å²) in [6.45, 7) is 7.54. The first-order valence-corrected chi connectivity index (χ1v) is 10.1. The first-order valence-electron chi connectivity index (χ1n) is 10.1. The molecule has 2 N–H and O–H groups in total. The summed E-state index contributed by atoms with van der Waals surface area (Å²) in [4.78, 5) is 14.9. The van der Waals surface area contributed by atoms with E-state index in [9.17, 15) is 4.79 Å². The van der Waals surface area contributed by atoms with Gasteiger partial charge in [0.15, 0.2) is 5.76 Å². The molecule has 162 valence electrons. The number of hydrogen-bond acceptors (Lipinski definition) is 5. The highest BCUT2D eigenvalue weighted by Crippen LogP contribution is 2.25. The Balaban J connectivity index is 0.00000150. The fourth-order valence-electron chi connectivity index (χ4n) is 3.95. The lowest BCUT2D eigenvalue weighted by Crippen LogP contribution is -2.32. The van der Waals surface area contributed by atoms with E-state index in [2.05, 4.69) is 33.6 Å². The summed E-state index contributed by atoms with van der Waals surface area (Å²) in [5, 5.41) is 10.9. The van der Waals surface area contributed by atoms with Crippen LogP contribution < -0.4 is 10.6 Å². The average molecular weight is 444 g/mol. The number of nitrogens with zero attached hydrogens (tertiary/aromatic N) is 3. The van der Waals surface area contributed by atoms with E-state index in [0.717, 1.165) is 50.6 Å². The number of furan rings is 1. The van der Waals surface area contributed by atoms with Crippen molar-refractivity contribution >= 4 is 30.7 Å². The fourth-order valence-corrected chi connectivity index (χ4v) is 3.95. The van der Waals surface area contributed by atoms with Crippen LogP contribution in [0.3, 0.4) is 0 Å². The predicted octanol–water partition coefficient (Wildman–Crippen LogP) is 3.29. The van der Waals surface area contributed by atoms with Crippen molar-refractivity contribution in [3.05, 3.63) is 41.1 Å². The zero-order valence-corrected chi connectivity index (χ0v) is 18.5. The molecule has 0 saturated carbocycles. The minimum absolute atomic E-state index is 0. The lowest BCUT2D eigenvalue weighted by Gasteiger charge is -2.31. The number of carbonyl (C=O) groups excluding carboxylic acids is 1. The van der Waals surface area contributed by atoms with Gasteiger partial charge in [-0.1, -0.05) is 6.42 Å². The Bertz CT molecular complexity index is 762. The van der Waals surface area contributed by atoms with Crippen molar-refractivity contribution in [1.82, 2.24) is 25.3 Å². The van der Waals surface area contributed by atoms with Gasteiger partial charge in [0.25, 0.3) is 5.91 Å². The minimum Gasteiger partial charge on any atom is -0.454 e. The molecule has 1 saturated heterocycles. The lowest BCUT2D eigenvalue weighted by atomic mass is 10.1. The van der Waals surface area contributed by atoms with Gasteiger partial charge in [0, 0.05) is 13.1 Å². The second kappa shape index (κ2) is 11.0. The number of rotatable bonds is 5. The van der Waals surface area contributed by atoms with Crippen LogP contribution in [0.4, 0.5) is 0 Å². The average Bonchev–Trinajstić information content (AvgIpc) is 3.29. The second-order valence-corrected chi connectivity index (χ2v) is 7.54. The Morgan fingerprint density at radius 2 is 2.00 bits per heavy atom. The standard InChI is InChI=1S/C20H29N5O2.2ClH/c1-15(24-9-3-2-4-10-24)18-6-7-19(27-18)20(26)22-13-16-12-17-14-21-8-5-11-25(17)23-16;;/h6-7,12,15,21H,2-5,8-11,13-14H2,1H3,(H,22,26);2*1H. The van der Waals surface area contributed by atoms with E-state index in [1.165, 1.54) is 25.0 Å². The van der Waals surface area contributed by atoms with Gasteiger partial charge in [0.1, 0.15) is 5.76 Å². The normalized spacial score (nSPS) is 18.0. The summed E-state index contributed by atoms with van der Waals surface area (Å²) in [5.41, 5.74) is 2.06. The van der Waals surface area contributed by atoms with E-state index < -0.39 is 0 Å². The third kappa shape index (κ3) is 5.75. The van der Waals surface area contributed by atoms with Crippen molar-refractivity contribution in [3.63, 3.8) is 0 Å². The van der Waals surface area contributed by atoms with Gasteiger partial charge in [0.05, 0.1) is 24.0 Å². The topological polar surface area (TPSA) is 75.3 Å². The summed E-state index contributed by atoms with van der Waals surface area (Å²) in [7, 11) is 0. The molecular formula is C20H31Cl2N5O2. The van der Waals surface area contributed by atoms with Gasteiger partial charge in [-0.3, -0.25) is 14.4 Å². The van der Waals surface area contributed by atoms with Crippen LogP contribution in [0.15, 0.2) is 22.6 Å². The molecule has 9 heteroatoms. The first kappa shape index (κ1) is 23.7. The van der Waals surface area contributed by atoms with Crippen molar-refractivity contribution < 1.29 is 9.21 Å². The number of nitrogens with one attached hydrogen (secondary N) is 2. The first-order chi connectivity index (χ1) is 13.2. The molecule has 1 amide bonds. The van der Waals surface area contributed by atoms with Gasteiger partial charge in [-0.15, -0.1) is 24.8 Å². The lowest BCUT2D eigenvalue weighted by molar-refractivity contribution is 0.0913. The van der Waals surface area contributed by atoms with Gasteiger partial charge in [-0.25, -0.2) is 0 Å². The number of fused-ring (bicyclic) bond motifs is 1. The highest BCUT2D eigenvalue weighted by atomic mass is 35.5. The Hall–Kier alpha value is -1.54. The van der Waals surface area contributed by atoms with Crippen molar-refractivity contribution in [2.45, 2.75) is 58.3 Å². The number of aromatic nitrogens is 2. The Kier molecular flexibility index (Phi) is 9.02. The molecule has 0 bridgehead atoms. The molecule has 7 nitrogen and oxygen atoms in total. The van der Waals surface area contributed by atoms with E-state index >= 15 is 0 Å². The number of likely N-dealkylation sites (tertiary alicyclic amines) is 1. The Morgan fingerprint density at radius 1 is 1.21 bits per heavy atom. The van der Waals surface area contributed by atoms with Crippen molar-refractivity contribution in [3.8, 4) is 0 Å². The summed E-state index contributed by atoms with van der Waals surface area (Å²) in [6.07, 6.45) is 4.86. The smallest absolute Gasteiger partial charge is 0.287 e. The quantitative estimate of drug-likeness (QED) is 0.741. The molecule has 0 radical (unpaired) electrons. The van der Waals surface area contributed by atoms with Crippen LogP contribution in [0.5, 0.6) is 0 Å². The highest BCUT2D eigenvalue weighted by Gasteiger charge is 2.22. The van der Waals surface area contributed by atoms with Gasteiger partial charge >= 0.3 is 0 Å². The van der Waals surface area contributed by atoms with E-state index in [1.54, 1.807) is 6.07 Å². The predicted molar refractivity (Wildman–Crippen MR) is 117 cm³/mol. The van der Waals surface area contributed by atoms with Crippen molar-refractivity contribution in [1.29, 1.82) is 0 Å². The van der Waals surface area contributed by atoms with Crippen LogP contribution in [0, 0.1) is 0 Å². The molecule has 2 aliphatic rings. The molecule has 4 heterocycles. The number of carbonyl (C=O) groups is 1. The summed E-state index contributed by atoms with van der Waals surface area (Å²) >= 11 is 0. The van der Waals surface area contributed by atoms with E-state index in [0.29, 0.717) is 12.3 Å². The van der Waals surface area contributed by atoms with Gasteiger partial charge in [-0.2, -0.15) is 5.10 Å². The van der Waals surface area contributed by atoms with Crippen LogP contribution in [-0.4, -0.2) is 40.2 Å². The van der Waals surface area contributed by atoms with Crippen LogP contribution in [-0.2, 0) is 19.6 Å². The zero-order valence-electron chi connectivity index (χ0n) is 16.9. The van der Waals surface area contributed by atoms with E-state index in [4.69, 9.17) is 4.42 Å². The van der Waals surface area contributed by atoms with Crippen molar-refractivity contribution in [2.75, 3.05) is 19.6 Å². The summed E-state index contributed by atoms with van der Waals surface area (Å²) < 4.78 is 7.89. The summed E-state index contributed by atoms with van der Waals surface area (Å²) in [6, 6.07) is 5.98. The maximum Gasteiger partial charge on any atom is 0.287 e. The van der Waals surface area contributed by atoms with Crippen LogP contribution >= 0.6 is 24.8 Å². The molecule has 2 aromatic rings. The molecule has 0 aliphatic carbocycles. The van der Waals surface area contributed by atoms with Gasteiger partial charge in [0.2, 0.25) is 0 Å². The Labute approximate surface area is 184 Å². The summed E-state index contributed by atoms with van der Waals surface area (Å²) in [5.74, 6) is 1.05. The molecule has 1 unspecified atom stereocenters. The fraction of sp³-hybridized carbons (Fsp3) is 0.600. The molecule has 2 aliphatic heterocycles. The van der Waals surface area contributed by atoms with Crippen LogP contribution in [0.25, 0.3) is 0 Å². The Morgan fingerprint density at radius 3 is 2.79 bits per heavy atom. The van der Waals surface area contributed by atoms with Crippen LogP contribution in [0.2, 0.25) is 0 Å². The third-order valence-electron chi connectivity index (χ3n) is 5.57. The molecular weight excluding hydrogens is 413 g/mol. The SMILES string of the molecule is CC(c1ccc(C(=O)NCc2cc3n(n2)CCCNC3)o1)N1CCCCC1.Cl.Cl. The number of amides is 1. The zero-order chi connectivity index (χ0) is 18.6. The molecule has 0 spiro atoms.